The minimum atomic E-state index is -4.64. The Morgan fingerprint density at radius 2 is 1.88 bits per heavy atom. The zero-order valence-electron chi connectivity index (χ0n) is 13.6. The number of aromatic nitrogens is 4. The minimum absolute atomic E-state index is 0.0763. The third-order valence-corrected chi connectivity index (χ3v) is 5.07. The second-order valence-corrected chi connectivity index (χ2v) is 7.24. The van der Waals surface area contributed by atoms with Crippen LogP contribution in [-0.4, -0.2) is 37.0 Å². The quantitative estimate of drug-likeness (QED) is 0.460. The molecule has 0 fully saturated rings. The summed E-state index contributed by atoms with van der Waals surface area (Å²) < 4.78 is 41.0. The fraction of sp³-hybridized carbons (Fsp3) is 0.438. The van der Waals surface area contributed by atoms with Gasteiger partial charge in [-0.2, -0.15) is 13.2 Å². The van der Waals surface area contributed by atoms with Crippen molar-refractivity contribution < 1.29 is 18.3 Å². The predicted molar refractivity (Wildman–Crippen MR) is 94.6 cm³/mol. The molecule has 1 aromatic carbocycles. The minimum Gasteiger partial charge on any atom is -0.396 e. The summed E-state index contributed by atoms with van der Waals surface area (Å²) in [6.07, 6.45) is -1.16. The predicted octanol–water partition coefficient (Wildman–Crippen LogP) is 4.59. The fourth-order valence-corrected chi connectivity index (χ4v) is 3.73. The Balaban J connectivity index is 1.98. The third kappa shape index (κ3) is 4.05. The van der Waals surface area contributed by atoms with Gasteiger partial charge in [-0.15, -0.1) is 22.0 Å². The van der Waals surface area contributed by atoms with Crippen LogP contribution in [0.15, 0.2) is 23.2 Å². The van der Waals surface area contributed by atoms with Crippen LogP contribution in [0.25, 0.3) is 16.7 Å². The molecule has 0 saturated heterocycles. The molecule has 0 radical (unpaired) electrons. The number of hydrogen-bond donors (Lipinski definition) is 1. The third-order valence-electron chi connectivity index (χ3n) is 3.80. The van der Waals surface area contributed by atoms with Crippen molar-refractivity contribution in [1.29, 1.82) is 0 Å². The summed E-state index contributed by atoms with van der Waals surface area (Å²) in [6, 6.07) is 4.60. The number of halogens is 4. The molecule has 3 aromatic rings. The van der Waals surface area contributed by atoms with Gasteiger partial charge in [-0.05, 0) is 36.8 Å². The molecule has 140 valence electrons. The molecule has 1 N–H and O–H groups in total. The zero-order chi connectivity index (χ0) is 18.7. The Morgan fingerprint density at radius 3 is 2.62 bits per heavy atom. The SMILES string of the molecule is OCCCCCCSc1nc2ccc(Cl)cc2n2c(C(F)(F)F)nnc12. The molecular formula is C16H16ClF3N4OS. The summed E-state index contributed by atoms with van der Waals surface area (Å²) in [6.45, 7) is 0.169. The van der Waals surface area contributed by atoms with E-state index in [9.17, 15) is 13.2 Å². The van der Waals surface area contributed by atoms with Crippen molar-refractivity contribution in [3.05, 3.63) is 29.0 Å². The summed E-state index contributed by atoms with van der Waals surface area (Å²) in [5, 5.41) is 16.6. The molecule has 0 amide bonds. The van der Waals surface area contributed by atoms with E-state index in [4.69, 9.17) is 16.7 Å². The van der Waals surface area contributed by atoms with E-state index in [1.807, 2.05) is 0 Å². The number of fused-ring (bicyclic) bond motifs is 3. The largest absolute Gasteiger partial charge is 0.452 e. The van der Waals surface area contributed by atoms with Crippen LogP contribution in [0.1, 0.15) is 31.5 Å². The van der Waals surface area contributed by atoms with E-state index in [1.165, 1.54) is 17.8 Å². The number of aliphatic hydroxyl groups excluding tert-OH is 1. The maximum absolute atomic E-state index is 13.3. The average Bonchev–Trinajstić information content (AvgIpc) is 3.04. The lowest BCUT2D eigenvalue weighted by Crippen LogP contribution is -2.11. The van der Waals surface area contributed by atoms with Gasteiger partial charge in [-0.3, -0.25) is 4.40 Å². The van der Waals surface area contributed by atoms with E-state index in [0.29, 0.717) is 21.3 Å². The molecule has 0 aliphatic carbocycles. The van der Waals surface area contributed by atoms with E-state index >= 15 is 0 Å². The lowest BCUT2D eigenvalue weighted by atomic mass is 10.2. The topological polar surface area (TPSA) is 63.3 Å². The summed E-state index contributed by atoms with van der Waals surface area (Å²) in [5.74, 6) is -0.395. The van der Waals surface area contributed by atoms with Crippen molar-refractivity contribution in [2.24, 2.45) is 0 Å². The maximum atomic E-state index is 13.3. The van der Waals surface area contributed by atoms with Gasteiger partial charge >= 0.3 is 6.18 Å². The Hall–Kier alpha value is -1.58. The van der Waals surface area contributed by atoms with Gasteiger partial charge in [0.2, 0.25) is 5.82 Å². The molecule has 2 heterocycles. The van der Waals surface area contributed by atoms with Crippen LogP contribution in [0.4, 0.5) is 13.2 Å². The average molecular weight is 405 g/mol. The number of nitrogens with zero attached hydrogens (tertiary/aromatic N) is 4. The highest BCUT2D eigenvalue weighted by atomic mass is 35.5. The molecule has 0 spiro atoms. The van der Waals surface area contributed by atoms with Gasteiger partial charge in [0.25, 0.3) is 0 Å². The number of aliphatic hydroxyl groups is 1. The molecular weight excluding hydrogens is 389 g/mol. The van der Waals surface area contributed by atoms with Gasteiger partial charge in [0.15, 0.2) is 5.65 Å². The standard InChI is InChI=1S/C16H16ClF3N4OS/c17-10-5-6-11-12(9-10)24-13(22-23-15(24)16(18,19)20)14(21-11)26-8-4-2-1-3-7-25/h5-6,9,25H,1-4,7-8H2. The molecule has 0 unspecified atom stereocenters. The van der Waals surface area contributed by atoms with Gasteiger partial charge in [-0.1, -0.05) is 24.4 Å². The fourth-order valence-electron chi connectivity index (χ4n) is 2.60. The van der Waals surface area contributed by atoms with Crippen LogP contribution in [0.3, 0.4) is 0 Å². The zero-order valence-corrected chi connectivity index (χ0v) is 15.2. The summed E-state index contributed by atoms with van der Waals surface area (Å²) in [7, 11) is 0. The van der Waals surface area contributed by atoms with Crippen LogP contribution in [0.5, 0.6) is 0 Å². The molecule has 2 aromatic heterocycles. The van der Waals surface area contributed by atoms with Gasteiger partial charge in [-0.25, -0.2) is 4.98 Å². The van der Waals surface area contributed by atoms with Crippen LogP contribution >= 0.6 is 23.4 Å². The number of hydrogen-bond acceptors (Lipinski definition) is 5. The highest BCUT2D eigenvalue weighted by molar-refractivity contribution is 7.99. The van der Waals surface area contributed by atoms with Crippen molar-refractivity contribution in [3.8, 4) is 0 Å². The second-order valence-electron chi connectivity index (χ2n) is 5.72. The lowest BCUT2D eigenvalue weighted by molar-refractivity contribution is -0.145. The Labute approximate surface area is 156 Å². The van der Waals surface area contributed by atoms with Gasteiger partial charge in [0, 0.05) is 11.6 Å². The highest BCUT2D eigenvalue weighted by Crippen LogP contribution is 2.33. The van der Waals surface area contributed by atoms with E-state index < -0.39 is 12.0 Å². The number of thioether (sulfide) groups is 1. The van der Waals surface area contributed by atoms with E-state index in [2.05, 4.69) is 15.2 Å². The number of benzene rings is 1. The van der Waals surface area contributed by atoms with Crippen molar-refractivity contribution in [2.45, 2.75) is 36.9 Å². The summed E-state index contributed by atoms with van der Waals surface area (Å²) in [4.78, 5) is 4.45. The molecule has 26 heavy (non-hydrogen) atoms. The first-order valence-electron chi connectivity index (χ1n) is 8.07. The second kappa shape index (κ2) is 7.98. The Morgan fingerprint density at radius 1 is 1.12 bits per heavy atom. The molecule has 0 aliphatic heterocycles. The monoisotopic (exact) mass is 404 g/mol. The lowest BCUT2D eigenvalue weighted by Gasteiger charge is -2.10. The van der Waals surface area contributed by atoms with Crippen molar-refractivity contribution in [3.63, 3.8) is 0 Å². The van der Waals surface area contributed by atoms with E-state index in [0.717, 1.165) is 30.1 Å². The first-order chi connectivity index (χ1) is 12.4. The number of rotatable bonds is 7. The number of alkyl halides is 3. The highest BCUT2D eigenvalue weighted by Gasteiger charge is 2.38. The van der Waals surface area contributed by atoms with Crippen molar-refractivity contribution in [2.75, 3.05) is 12.4 Å². The van der Waals surface area contributed by atoms with Crippen LogP contribution in [0, 0.1) is 0 Å². The van der Waals surface area contributed by atoms with E-state index in [1.54, 1.807) is 12.1 Å². The molecule has 0 atom stereocenters. The molecule has 3 rings (SSSR count). The smallest absolute Gasteiger partial charge is 0.396 e. The van der Waals surface area contributed by atoms with Gasteiger partial charge in [0.1, 0.15) is 5.03 Å². The van der Waals surface area contributed by atoms with Gasteiger partial charge in [0.05, 0.1) is 11.0 Å². The summed E-state index contributed by atoms with van der Waals surface area (Å²) >= 11 is 7.30. The first-order valence-corrected chi connectivity index (χ1v) is 9.43. The van der Waals surface area contributed by atoms with Crippen LogP contribution < -0.4 is 0 Å². The number of unbranched alkanes of at least 4 members (excludes halogenated alkanes) is 3. The maximum Gasteiger partial charge on any atom is 0.452 e. The molecule has 10 heteroatoms. The molecule has 0 saturated carbocycles. The summed E-state index contributed by atoms with van der Waals surface area (Å²) in [5.41, 5.74) is 0.694. The van der Waals surface area contributed by atoms with Crippen LogP contribution in [-0.2, 0) is 6.18 Å². The molecule has 5 nitrogen and oxygen atoms in total. The van der Waals surface area contributed by atoms with Crippen molar-refractivity contribution in [1.82, 2.24) is 19.6 Å². The Bertz CT molecular complexity index is 916. The first kappa shape index (κ1) is 19.2. The molecule has 0 bridgehead atoms. The Kier molecular flexibility index (Phi) is 5.89. The molecule has 0 aliphatic rings. The van der Waals surface area contributed by atoms with Crippen molar-refractivity contribution >= 4 is 40.0 Å². The van der Waals surface area contributed by atoms with Crippen LogP contribution in [0.2, 0.25) is 5.02 Å². The normalized spacial score (nSPS) is 12.3. The van der Waals surface area contributed by atoms with E-state index in [-0.39, 0.29) is 17.8 Å². The van der Waals surface area contributed by atoms with Gasteiger partial charge < -0.3 is 5.11 Å².